The molecule has 1 aromatic rings. The molecule has 1 saturated heterocycles. The lowest BCUT2D eigenvalue weighted by atomic mass is 9.61. The van der Waals surface area contributed by atoms with Crippen LogP contribution < -0.4 is 10.1 Å². The number of hydrogen-bond donors (Lipinski definition) is 1. The van der Waals surface area contributed by atoms with E-state index in [4.69, 9.17) is 9.47 Å². The molecule has 4 rings (SSSR count). The van der Waals surface area contributed by atoms with Crippen molar-refractivity contribution in [3.05, 3.63) is 29.3 Å². The van der Waals surface area contributed by atoms with Gasteiger partial charge < -0.3 is 14.8 Å². The molecule has 164 valence electrons. The van der Waals surface area contributed by atoms with Crippen molar-refractivity contribution in [1.82, 2.24) is 10.2 Å². The van der Waals surface area contributed by atoms with Crippen molar-refractivity contribution in [2.45, 2.75) is 77.5 Å². The third-order valence-electron chi connectivity index (χ3n) is 7.19. The van der Waals surface area contributed by atoms with E-state index in [0.717, 1.165) is 49.0 Å². The van der Waals surface area contributed by atoms with Crippen molar-refractivity contribution in [1.29, 1.82) is 0 Å². The van der Waals surface area contributed by atoms with Crippen LogP contribution in [0.25, 0.3) is 0 Å². The normalized spacial score (nSPS) is 30.6. The summed E-state index contributed by atoms with van der Waals surface area (Å²) in [6.07, 6.45) is 4.50. The Morgan fingerprint density at radius 1 is 1.17 bits per heavy atom. The average molecular weight is 415 g/mol. The Morgan fingerprint density at radius 2 is 1.87 bits per heavy atom. The van der Waals surface area contributed by atoms with E-state index < -0.39 is 5.54 Å². The molecule has 1 saturated carbocycles. The zero-order chi connectivity index (χ0) is 21.7. The first-order valence-electron chi connectivity index (χ1n) is 11.2. The Balaban J connectivity index is 1.80. The molecule has 2 spiro atoms. The number of carbonyl (C=O) groups excluding carboxylic acids is 2. The maximum atomic E-state index is 13.9. The van der Waals surface area contributed by atoms with Gasteiger partial charge in [-0.15, -0.1) is 0 Å². The Bertz CT molecular complexity index is 842. The van der Waals surface area contributed by atoms with E-state index >= 15 is 0 Å². The van der Waals surface area contributed by atoms with E-state index in [1.54, 1.807) is 7.11 Å². The van der Waals surface area contributed by atoms with Crippen LogP contribution >= 0.6 is 0 Å². The standard InChI is InChI=1S/C24H34N2O4/c1-15(2)14-30-19-7-6-17-13-23(10-8-18(29-5)9-11-23)24(20(17)12-19)21(27)26(16(3)4)22(28)25-24/h6-7,12,15-16,18H,8-11,13-14H2,1-5H3,(H,25,28)/t18-,23-,24?. The van der Waals surface area contributed by atoms with Crippen molar-refractivity contribution >= 4 is 11.9 Å². The van der Waals surface area contributed by atoms with Crippen LogP contribution in [0.2, 0.25) is 0 Å². The van der Waals surface area contributed by atoms with Crippen molar-refractivity contribution in [3.8, 4) is 5.75 Å². The minimum absolute atomic E-state index is 0.113. The van der Waals surface area contributed by atoms with E-state index in [0.29, 0.717) is 12.5 Å². The van der Waals surface area contributed by atoms with E-state index in [1.165, 1.54) is 4.90 Å². The molecule has 1 aromatic carbocycles. The van der Waals surface area contributed by atoms with Crippen molar-refractivity contribution in [2.24, 2.45) is 11.3 Å². The van der Waals surface area contributed by atoms with Crippen molar-refractivity contribution in [3.63, 3.8) is 0 Å². The zero-order valence-electron chi connectivity index (χ0n) is 18.8. The highest BCUT2D eigenvalue weighted by molar-refractivity contribution is 6.09. The number of rotatable bonds is 5. The third-order valence-corrected chi connectivity index (χ3v) is 7.19. The van der Waals surface area contributed by atoms with E-state index in [2.05, 4.69) is 25.2 Å². The fourth-order valence-corrected chi connectivity index (χ4v) is 5.68. The second kappa shape index (κ2) is 7.56. The highest BCUT2D eigenvalue weighted by Gasteiger charge is 2.68. The van der Waals surface area contributed by atoms with E-state index in [-0.39, 0.29) is 29.5 Å². The molecule has 2 aliphatic carbocycles. The summed E-state index contributed by atoms with van der Waals surface area (Å²) in [5.41, 5.74) is 0.722. The van der Waals surface area contributed by atoms with E-state index in [9.17, 15) is 9.59 Å². The summed E-state index contributed by atoms with van der Waals surface area (Å²) in [5, 5.41) is 3.19. The van der Waals surface area contributed by atoms with Crippen LogP contribution in [0.1, 0.15) is 64.5 Å². The number of fused-ring (bicyclic) bond motifs is 3. The van der Waals surface area contributed by atoms with Gasteiger partial charge in [0.1, 0.15) is 5.75 Å². The number of carbonyl (C=O) groups is 2. The molecule has 0 bridgehead atoms. The number of nitrogens with zero attached hydrogens (tertiary/aromatic N) is 1. The maximum Gasteiger partial charge on any atom is 0.325 e. The number of amides is 3. The van der Waals surface area contributed by atoms with Gasteiger partial charge in [0.05, 0.1) is 12.7 Å². The first-order valence-corrected chi connectivity index (χ1v) is 11.2. The Kier molecular flexibility index (Phi) is 5.33. The molecule has 1 N–H and O–H groups in total. The van der Waals surface area contributed by atoms with Gasteiger partial charge in [0.15, 0.2) is 5.54 Å². The lowest BCUT2D eigenvalue weighted by molar-refractivity contribution is -0.139. The summed E-state index contributed by atoms with van der Waals surface area (Å²) in [7, 11) is 1.75. The van der Waals surface area contributed by atoms with Crippen LogP contribution in [0.5, 0.6) is 5.75 Å². The molecule has 1 aliphatic heterocycles. The molecule has 6 heteroatoms. The number of hydrogen-bond acceptors (Lipinski definition) is 4. The molecule has 1 atom stereocenters. The number of methoxy groups -OCH3 is 1. The number of urea groups is 1. The van der Waals surface area contributed by atoms with Gasteiger partial charge >= 0.3 is 6.03 Å². The van der Waals surface area contributed by atoms with Gasteiger partial charge in [-0.3, -0.25) is 9.69 Å². The molecule has 2 fully saturated rings. The topological polar surface area (TPSA) is 67.9 Å². The maximum absolute atomic E-state index is 13.9. The summed E-state index contributed by atoms with van der Waals surface area (Å²) >= 11 is 0. The molecule has 30 heavy (non-hydrogen) atoms. The van der Waals surface area contributed by atoms with Crippen LogP contribution in [0.3, 0.4) is 0 Å². The molecule has 1 unspecified atom stereocenters. The minimum Gasteiger partial charge on any atom is -0.493 e. The Labute approximate surface area is 179 Å². The van der Waals surface area contributed by atoms with Crippen molar-refractivity contribution < 1.29 is 19.1 Å². The lowest BCUT2D eigenvalue weighted by Gasteiger charge is -2.46. The molecule has 3 aliphatic rings. The summed E-state index contributed by atoms with van der Waals surface area (Å²) in [6.45, 7) is 8.62. The number of benzene rings is 1. The van der Waals surface area contributed by atoms with Crippen LogP contribution in [0, 0.1) is 11.3 Å². The zero-order valence-corrected chi connectivity index (χ0v) is 18.8. The highest BCUT2D eigenvalue weighted by atomic mass is 16.5. The van der Waals surface area contributed by atoms with Gasteiger partial charge in [-0.25, -0.2) is 4.79 Å². The second-order valence-electron chi connectivity index (χ2n) is 9.87. The number of nitrogens with one attached hydrogen (secondary N) is 1. The quantitative estimate of drug-likeness (QED) is 0.740. The number of imide groups is 1. The summed E-state index contributed by atoms with van der Waals surface area (Å²) in [4.78, 5) is 28.3. The largest absolute Gasteiger partial charge is 0.493 e. The van der Waals surface area contributed by atoms with Gasteiger partial charge in [-0.2, -0.15) is 0 Å². The Hall–Kier alpha value is -2.08. The summed E-state index contributed by atoms with van der Waals surface area (Å²) in [5.74, 6) is 1.06. The predicted molar refractivity (Wildman–Crippen MR) is 114 cm³/mol. The highest BCUT2D eigenvalue weighted by Crippen LogP contribution is 2.60. The fourth-order valence-electron chi connectivity index (χ4n) is 5.68. The SMILES string of the molecule is CO[C@H]1CC[C@]2(CC1)Cc1ccc(OCC(C)C)cc1C21NC(=O)N(C(C)C)C1=O. The number of ether oxygens (including phenoxy) is 2. The monoisotopic (exact) mass is 414 g/mol. The summed E-state index contributed by atoms with van der Waals surface area (Å²) < 4.78 is 11.6. The van der Waals surface area contributed by atoms with Gasteiger partial charge in [-0.1, -0.05) is 19.9 Å². The second-order valence-corrected chi connectivity index (χ2v) is 9.87. The first kappa shape index (κ1) is 21.2. The smallest absolute Gasteiger partial charge is 0.325 e. The molecule has 3 amide bonds. The third kappa shape index (κ3) is 3.03. The van der Waals surface area contributed by atoms with Crippen molar-refractivity contribution in [2.75, 3.05) is 13.7 Å². The van der Waals surface area contributed by atoms with E-state index in [1.807, 2.05) is 26.0 Å². The van der Waals surface area contributed by atoms with Crippen LogP contribution in [-0.4, -0.2) is 42.7 Å². The van der Waals surface area contributed by atoms with Crippen LogP contribution in [0.15, 0.2) is 18.2 Å². The molecular weight excluding hydrogens is 380 g/mol. The van der Waals surface area contributed by atoms with Gasteiger partial charge in [0.2, 0.25) is 0 Å². The van der Waals surface area contributed by atoms with Gasteiger partial charge in [0.25, 0.3) is 5.91 Å². The Morgan fingerprint density at radius 3 is 2.43 bits per heavy atom. The van der Waals surface area contributed by atoms with Crippen LogP contribution in [0.4, 0.5) is 4.79 Å². The van der Waals surface area contributed by atoms with Gasteiger partial charge in [-0.05, 0) is 75.1 Å². The molecule has 1 heterocycles. The van der Waals surface area contributed by atoms with Crippen LogP contribution in [-0.2, 0) is 21.5 Å². The lowest BCUT2D eigenvalue weighted by Crippen LogP contribution is -2.57. The predicted octanol–water partition coefficient (Wildman–Crippen LogP) is 4.01. The molecule has 0 radical (unpaired) electrons. The summed E-state index contributed by atoms with van der Waals surface area (Å²) in [6, 6.07) is 5.60. The molecular formula is C24H34N2O4. The van der Waals surface area contributed by atoms with Gasteiger partial charge in [0, 0.05) is 18.6 Å². The minimum atomic E-state index is -1.01. The average Bonchev–Trinajstić information content (AvgIpc) is 3.13. The molecule has 0 aromatic heterocycles. The molecule has 6 nitrogen and oxygen atoms in total. The first-order chi connectivity index (χ1) is 14.2. The fraction of sp³-hybridized carbons (Fsp3) is 0.667.